The summed E-state index contributed by atoms with van der Waals surface area (Å²) in [6.45, 7) is 1.74. The van der Waals surface area contributed by atoms with Gasteiger partial charge in [-0.2, -0.15) is 0 Å². The Hall–Kier alpha value is -2.84. The molecule has 0 amide bonds. The number of hydrogen-bond donors (Lipinski definition) is 1. The molecule has 1 N–H and O–H groups in total. The van der Waals surface area contributed by atoms with Gasteiger partial charge in [-0.1, -0.05) is 18.2 Å². The number of aromatic nitrogens is 1. The van der Waals surface area contributed by atoms with Crippen LogP contribution in [0, 0.1) is 6.92 Å². The normalized spacial score (nSPS) is 11.4. The van der Waals surface area contributed by atoms with Gasteiger partial charge in [0.05, 0.1) is 26.5 Å². The van der Waals surface area contributed by atoms with Crippen LogP contribution in [0.4, 0.5) is 0 Å². The Balaban J connectivity index is 1.83. The highest BCUT2D eigenvalue weighted by Crippen LogP contribution is 2.28. The Morgan fingerprint density at radius 3 is 2.48 bits per heavy atom. The van der Waals surface area contributed by atoms with Crippen LogP contribution in [-0.4, -0.2) is 27.6 Å². The number of methoxy groups -OCH3 is 2. The Bertz CT molecular complexity index is 1030. The SMILES string of the molecule is COc1ccc(OC)c(S(=O)(=O)NCc2nc(-c3ccccc3)oc2C)c1. The van der Waals surface area contributed by atoms with E-state index in [4.69, 9.17) is 13.9 Å². The fourth-order valence-corrected chi connectivity index (χ4v) is 3.70. The summed E-state index contributed by atoms with van der Waals surface area (Å²) >= 11 is 0. The summed E-state index contributed by atoms with van der Waals surface area (Å²) in [5.41, 5.74) is 1.34. The van der Waals surface area contributed by atoms with E-state index in [-0.39, 0.29) is 17.2 Å². The Labute approximate surface area is 158 Å². The zero-order valence-electron chi connectivity index (χ0n) is 15.2. The molecule has 0 saturated carbocycles. The summed E-state index contributed by atoms with van der Waals surface area (Å²) in [5, 5.41) is 0. The van der Waals surface area contributed by atoms with Gasteiger partial charge in [0, 0.05) is 11.6 Å². The van der Waals surface area contributed by atoms with E-state index in [0.717, 1.165) is 5.56 Å². The predicted molar refractivity (Wildman–Crippen MR) is 100 cm³/mol. The van der Waals surface area contributed by atoms with Crippen molar-refractivity contribution in [2.24, 2.45) is 0 Å². The van der Waals surface area contributed by atoms with Gasteiger partial charge in [-0.05, 0) is 31.2 Å². The molecule has 0 radical (unpaired) electrons. The van der Waals surface area contributed by atoms with Crippen molar-refractivity contribution in [3.05, 3.63) is 60.0 Å². The van der Waals surface area contributed by atoms with E-state index >= 15 is 0 Å². The number of aryl methyl sites for hydroxylation is 1. The molecular formula is C19H20N2O5S. The lowest BCUT2D eigenvalue weighted by Gasteiger charge is -2.11. The topological polar surface area (TPSA) is 90.7 Å². The van der Waals surface area contributed by atoms with Gasteiger partial charge in [0.15, 0.2) is 0 Å². The minimum Gasteiger partial charge on any atom is -0.497 e. The summed E-state index contributed by atoms with van der Waals surface area (Å²) in [4.78, 5) is 4.40. The molecular weight excluding hydrogens is 368 g/mol. The van der Waals surface area contributed by atoms with E-state index in [1.807, 2.05) is 30.3 Å². The second-order valence-electron chi connectivity index (χ2n) is 5.73. The van der Waals surface area contributed by atoms with Crippen LogP contribution in [0.15, 0.2) is 57.8 Å². The van der Waals surface area contributed by atoms with Crippen molar-refractivity contribution in [2.45, 2.75) is 18.4 Å². The van der Waals surface area contributed by atoms with E-state index < -0.39 is 10.0 Å². The van der Waals surface area contributed by atoms with Crippen LogP contribution in [-0.2, 0) is 16.6 Å². The Morgan fingerprint density at radius 2 is 1.81 bits per heavy atom. The van der Waals surface area contributed by atoms with Crippen LogP contribution in [0.3, 0.4) is 0 Å². The van der Waals surface area contributed by atoms with Crippen molar-refractivity contribution in [1.29, 1.82) is 0 Å². The molecule has 0 aliphatic heterocycles. The average molecular weight is 388 g/mol. The first-order chi connectivity index (χ1) is 12.9. The molecule has 0 saturated heterocycles. The first kappa shape index (κ1) is 18.9. The molecule has 0 spiro atoms. The quantitative estimate of drug-likeness (QED) is 0.669. The van der Waals surface area contributed by atoms with E-state index in [1.54, 1.807) is 19.1 Å². The molecule has 2 aromatic carbocycles. The molecule has 142 valence electrons. The number of nitrogens with zero attached hydrogens (tertiary/aromatic N) is 1. The molecule has 0 aliphatic carbocycles. The van der Waals surface area contributed by atoms with Crippen molar-refractivity contribution in [1.82, 2.24) is 9.71 Å². The first-order valence-electron chi connectivity index (χ1n) is 8.18. The second kappa shape index (κ2) is 7.81. The molecule has 1 heterocycles. The lowest BCUT2D eigenvalue weighted by atomic mass is 10.2. The van der Waals surface area contributed by atoms with Gasteiger partial charge >= 0.3 is 0 Å². The fraction of sp³-hybridized carbons (Fsp3) is 0.211. The Morgan fingerprint density at radius 1 is 1.07 bits per heavy atom. The molecule has 7 nitrogen and oxygen atoms in total. The molecule has 8 heteroatoms. The van der Waals surface area contributed by atoms with Crippen LogP contribution in [0.2, 0.25) is 0 Å². The highest BCUT2D eigenvalue weighted by atomic mass is 32.2. The smallest absolute Gasteiger partial charge is 0.244 e. The maximum absolute atomic E-state index is 12.7. The average Bonchev–Trinajstić information content (AvgIpc) is 3.07. The number of nitrogens with one attached hydrogen (secondary N) is 1. The van der Waals surface area contributed by atoms with Crippen molar-refractivity contribution in [3.8, 4) is 23.0 Å². The molecule has 0 aliphatic rings. The van der Waals surface area contributed by atoms with Crippen molar-refractivity contribution < 1.29 is 22.3 Å². The highest BCUT2D eigenvalue weighted by molar-refractivity contribution is 7.89. The number of benzene rings is 2. The number of sulfonamides is 1. The van der Waals surface area contributed by atoms with E-state index in [0.29, 0.717) is 23.1 Å². The minimum atomic E-state index is -3.84. The molecule has 27 heavy (non-hydrogen) atoms. The van der Waals surface area contributed by atoms with Gasteiger partial charge in [-0.15, -0.1) is 0 Å². The fourth-order valence-electron chi connectivity index (χ4n) is 2.53. The lowest BCUT2D eigenvalue weighted by Crippen LogP contribution is -2.24. The van der Waals surface area contributed by atoms with Gasteiger partial charge in [0.1, 0.15) is 22.2 Å². The number of hydrogen-bond acceptors (Lipinski definition) is 6. The minimum absolute atomic E-state index is 0.00576. The lowest BCUT2D eigenvalue weighted by molar-refractivity contribution is 0.392. The number of rotatable bonds is 7. The predicted octanol–water partition coefficient (Wildman–Crippen LogP) is 3.15. The van der Waals surface area contributed by atoms with Gasteiger partial charge in [-0.25, -0.2) is 18.1 Å². The van der Waals surface area contributed by atoms with Crippen LogP contribution < -0.4 is 14.2 Å². The standard InChI is InChI=1S/C19H20N2O5S/c1-13-16(21-19(26-13)14-7-5-4-6-8-14)12-20-27(22,23)18-11-15(24-2)9-10-17(18)25-3/h4-11,20H,12H2,1-3H3. The van der Waals surface area contributed by atoms with E-state index in [1.165, 1.54) is 20.3 Å². The van der Waals surface area contributed by atoms with Gasteiger partial charge in [-0.3, -0.25) is 0 Å². The largest absolute Gasteiger partial charge is 0.497 e. The van der Waals surface area contributed by atoms with E-state index in [2.05, 4.69) is 9.71 Å². The van der Waals surface area contributed by atoms with Gasteiger partial charge < -0.3 is 13.9 Å². The maximum Gasteiger partial charge on any atom is 0.244 e. The number of oxazole rings is 1. The highest BCUT2D eigenvalue weighted by Gasteiger charge is 2.22. The summed E-state index contributed by atoms with van der Waals surface area (Å²) in [5.74, 6) is 1.64. The third-order valence-electron chi connectivity index (χ3n) is 4.00. The number of ether oxygens (including phenoxy) is 2. The third-order valence-corrected chi connectivity index (χ3v) is 5.43. The summed E-state index contributed by atoms with van der Waals surface area (Å²) < 4.78 is 43.9. The summed E-state index contributed by atoms with van der Waals surface area (Å²) in [6, 6.07) is 14.0. The van der Waals surface area contributed by atoms with Crippen LogP contribution in [0.5, 0.6) is 11.5 Å². The summed E-state index contributed by atoms with van der Waals surface area (Å²) in [6.07, 6.45) is 0. The molecule has 0 atom stereocenters. The van der Waals surface area contributed by atoms with E-state index in [9.17, 15) is 8.42 Å². The molecule has 1 aromatic heterocycles. The zero-order valence-corrected chi connectivity index (χ0v) is 16.0. The first-order valence-corrected chi connectivity index (χ1v) is 9.66. The monoisotopic (exact) mass is 388 g/mol. The maximum atomic E-state index is 12.7. The Kier molecular flexibility index (Phi) is 5.48. The van der Waals surface area contributed by atoms with Crippen LogP contribution in [0.1, 0.15) is 11.5 Å². The second-order valence-corrected chi connectivity index (χ2v) is 7.46. The molecule has 0 fully saturated rings. The van der Waals surface area contributed by atoms with Gasteiger partial charge in [0.25, 0.3) is 0 Å². The molecule has 3 aromatic rings. The zero-order chi connectivity index (χ0) is 19.4. The van der Waals surface area contributed by atoms with Crippen LogP contribution in [0.25, 0.3) is 11.5 Å². The van der Waals surface area contributed by atoms with Crippen molar-refractivity contribution in [3.63, 3.8) is 0 Å². The van der Waals surface area contributed by atoms with Crippen LogP contribution >= 0.6 is 0 Å². The van der Waals surface area contributed by atoms with Crippen molar-refractivity contribution in [2.75, 3.05) is 14.2 Å². The summed E-state index contributed by atoms with van der Waals surface area (Å²) in [7, 11) is -0.963. The molecule has 0 unspecified atom stereocenters. The van der Waals surface area contributed by atoms with Crippen molar-refractivity contribution >= 4 is 10.0 Å². The molecule has 0 bridgehead atoms. The third kappa shape index (κ3) is 4.12. The van der Waals surface area contributed by atoms with Gasteiger partial charge in [0.2, 0.25) is 15.9 Å². The molecule has 3 rings (SSSR count).